The largest absolute Gasteiger partial charge is 0.494 e. The van der Waals surface area contributed by atoms with Gasteiger partial charge in [-0.25, -0.2) is 4.98 Å². The summed E-state index contributed by atoms with van der Waals surface area (Å²) < 4.78 is 6.03. The minimum atomic E-state index is -0.165. The third-order valence-corrected chi connectivity index (χ3v) is 6.63. The molecule has 2 atom stereocenters. The van der Waals surface area contributed by atoms with Crippen LogP contribution in [0.15, 0.2) is 41.8 Å². The third-order valence-electron chi connectivity index (χ3n) is 6.41. The highest BCUT2D eigenvalue weighted by atomic mass is 35.5. The smallest absolute Gasteiger partial charge is 0.227 e. The number of pyridine rings is 1. The highest BCUT2D eigenvalue weighted by Crippen LogP contribution is 2.30. The number of nitrogens with zero attached hydrogens (tertiary/aromatic N) is 2. The van der Waals surface area contributed by atoms with E-state index in [1.54, 1.807) is 6.20 Å². The number of anilines is 1. The van der Waals surface area contributed by atoms with Crippen LogP contribution in [0.4, 0.5) is 5.82 Å². The Morgan fingerprint density at radius 3 is 2.75 bits per heavy atom. The summed E-state index contributed by atoms with van der Waals surface area (Å²) in [6.07, 6.45) is 10.9. The number of hydrogen-bond donors (Lipinski definition) is 2. The summed E-state index contributed by atoms with van der Waals surface area (Å²) in [6.45, 7) is 7.42. The normalized spacial score (nSPS) is 21.7. The van der Waals surface area contributed by atoms with E-state index in [0.717, 1.165) is 42.6 Å². The standard InChI is InChI=1S/C25H36ClN3O3/c1-18-15-22(16-19(2)24(18)25(31)27-10-4-13-30)32-14-3-5-20-8-11-29(12-9-20)23-7-6-21(26)17-28-23/h6-7,15-18,20,24,30H,3-5,8-14H2,1-2H3,(H,27,31). The van der Waals surface area contributed by atoms with Crippen molar-refractivity contribution in [2.24, 2.45) is 17.8 Å². The van der Waals surface area contributed by atoms with Gasteiger partial charge in [-0.15, -0.1) is 0 Å². The predicted molar refractivity (Wildman–Crippen MR) is 129 cm³/mol. The molecule has 0 radical (unpaired) electrons. The molecular weight excluding hydrogens is 426 g/mol. The number of amides is 1. The number of carbonyl (C=O) groups is 1. The molecule has 2 heterocycles. The van der Waals surface area contributed by atoms with Crippen LogP contribution < -0.4 is 10.2 Å². The minimum absolute atomic E-state index is 0.0233. The molecule has 2 N–H and O–H groups in total. The average molecular weight is 462 g/mol. The van der Waals surface area contributed by atoms with Crippen molar-refractivity contribution in [2.75, 3.05) is 37.7 Å². The molecule has 0 bridgehead atoms. The summed E-state index contributed by atoms with van der Waals surface area (Å²) in [4.78, 5) is 19.2. The average Bonchev–Trinajstić information content (AvgIpc) is 2.77. The molecule has 1 aliphatic carbocycles. The maximum absolute atomic E-state index is 12.4. The molecule has 3 rings (SSSR count). The molecule has 2 unspecified atom stereocenters. The van der Waals surface area contributed by atoms with Crippen LogP contribution in [0.3, 0.4) is 0 Å². The number of carbonyl (C=O) groups excluding carboxylic acids is 1. The number of hydrogen-bond acceptors (Lipinski definition) is 5. The Hall–Kier alpha value is -2.05. The minimum Gasteiger partial charge on any atom is -0.494 e. The Balaban J connectivity index is 1.36. The van der Waals surface area contributed by atoms with Crippen LogP contribution in [-0.2, 0) is 9.53 Å². The second kappa shape index (κ2) is 12.3. The van der Waals surface area contributed by atoms with Crippen LogP contribution >= 0.6 is 11.6 Å². The topological polar surface area (TPSA) is 74.7 Å². The lowest BCUT2D eigenvalue weighted by Crippen LogP contribution is -2.36. The Labute approximate surface area is 196 Å². The first-order valence-electron chi connectivity index (χ1n) is 11.8. The van der Waals surface area contributed by atoms with E-state index in [4.69, 9.17) is 21.4 Å². The van der Waals surface area contributed by atoms with Gasteiger partial charge in [-0.2, -0.15) is 0 Å². The molecule has 1 aliphatic heterocycles. The van der Waals surface area contributed by atoms with Gasteiger partial charge in [0.1, 0.15) is 11.6 Å². The van der Waals surface area contributed by atoms with Crippen molar-refractivity contribution in [2.45, 2.75) is 46.0 Å². The zero-order chi connectivity index (χ0) is 22.9. The maximum Gasteiger partial charge on any atom is 0.227 e. The first-order valence-corrected chi connectivity index (χ1v) is 12.1. The monoisotopic (exact) mass is 461 g/mol. The van der Waals surface area contributed by atoms with Gasteiger partial charge in [0.25, 0.3) is 0 Å². The molecular formula is C25H36ClN3O3. The van der Waals surface area contributed by atoms with Crippen LogP contribution in [0.2, 0.25) is 5.02 Å². The Bertz CT molecular complexity index is 801. The van der Waals surface area contributed by atoms with E-state index >= 15 is 0 Å². The molecule has 176 valence electrons. The molecule has 1 amide bonds. The van der Waals surface area contributed by atoms with Crippen molar-refractivity contribution in [1.29, 1.82) is 0 Å². The third kappa shape index (κ3) is 6.97. The number of aliphatic hydroxyl groups excluding tert-OH is 1. The van der Waals surface area contributed by atoms with Gasteiger partial charge < -0.3 is 20.1 Å². The fourth-order valence-corrected chi connectivity index (χ4v) is 4.75. The van der Waals surface area contributed by atoms with Crippen LogP contribution in [0.1, 0.15) is 46.0 Å². The van der Waals surface area contributed by atoms with Crippen LogP contribution in [0, 0.1) is 17.8 Å². The molecule has 32 heavy (non-hydrogen) atoms. The van der Waals surface area contributed by atoms with Crippen molar-refractivity contribution in [1.82, 2.24) is 10.3 Å². The molecule has 2 aliphatic rings. The summed E-state index contributed by atoms with van der Waals surface area (Å²) in [5.41, 5.74) is 1.03. The Morgan fingerprint density at radius 2 is 2.09 bits per heavy atom. The highest BCUT2D eigenvalue weighted by Gasteiger charge is 2.29. The van der Waals surface area contributed by atoms with Crippen molar-refractivity contribution in [3.8, 4) is 0 Å². The number of piperidine rings is 1. The fraction of sp³-hybridized carbons (Fsp3) is 0.600. The van der Waals surface area contributed by atoms with Gasteiger partial charge in [0.15, 0.2) is 0 Å². The van der Waals surface area contributed by atoms with E-state index in [2.05, 4.69) is 28.2 Å². The zero-order valence-corrected chi connectivity index (χ0v) is 20.0. The summed E-state index contributed by atoms with van der Waals surface area (Å²) in [7, 11) is 0. The van der Waals surface area contributed by atoms with Crippen molar-refractivity contribution in [3.05, 3.63) is 46.8 Å². The molecule has 0 spiro atoms. The summed E-state index contributed by atoms with van der Waals surface area (Å²) in [6, 6.07) is 3.89. The number of ether oxygens (including phenoxy) is 1. The van der Waals surface area contributed by atoms with Gasteiger partial charge in [0, 0.05) is 32.4 Å². The van der Waals surface area contributed by atoms with Crippen molar-refractivity contribution < 1.29 is 14.6 Å². The first kappa shape index (κ1) is 24.6. The van der Waals surface area contributed by atoms with E-state index in [1.807, 2.05) is 25.1 Å². The number of rotatable bonds is 10. The van der Waals surface area contributed by atoms with E-state index in [0.29, 0.717) is 24.6 Å². The van der Waals surface area contributed by atoms with Gasteiger partial charge in [-0.3, -0.25) is 4.79 Å². The van der Waals surface area contributed by atoms with Crippen molar-refractivity contribution >= 4 is 23.3 Å². The molecule has 1 saturated heterocycles. The molecule has 0 saturated carbocycles. The number of aromatic nitrogens is 1. The Morgan fingerprint density at radius 1 is 1.31 bits per heavy atom. The SMILES string of the molecule is CC1=CC(OCCCC2CCN(c3ccc(Cl)cn3)CC2)=CC(C)C1C(=O)NCCCO. The van der Waals surface area contributed by atoms with Crippen LogP contribution in [-0.4, -0.2) is 48.8 Å². The Kier molecular flexibility index (Phi) is 9.42. The van der Waals surface area contributed by atoms with E-state index < -0.39 is 0 Å². The maximum atomic E-state index is 12.4. The number of nitrogens with one attached hydrogen (secondary N) is 1. The van der Waals surface area contributed by atoms with Crippen molar-refractivity contribution in [3.63, 3.8) is 0 Å². The number of halogens is 1. The molecule has 6 nitrogen and oxygen atoms in total. The van der Waals surface area contributed by atoms with E-state index in [-0.39, 0.29) is 24.3 Å². The van der Waals surface area contributed by atoms with Gasteiger partial charge >= 0.3 is 0 Å². The second-order valence-corrected chi connectivity index (χ2v) is 9.35. The molecule has 0 aromatic carbocycles. The van der Waals surface area contributed by atoms with Gasteiger partial charge in [0.05, 0.1) is 17.5 Å². The summed E-state index contributed by atoms with van der Waals surface area (Å²) in [5, 5.41) is 12.5. The fourth-order valence-electron chi connectivity index (χ4n) is 4.64. The molecule has 1 aromatic rings. The van der Waals surface area contributed by atoms with E-state index in [1.165, 1.54) is 19.3 Å². The number of allylic oxidation sites excluding steroid dienone is 2. The second-order valence-electron chi connectivity index (χ2n) is 8.92. The lowest BCUT2D eigenvalue weighted by atomic mass is 9.82. The van der Waals surface area contributed by atoms with Crippen LogP contribution in [0.25, 0.3) is 0 Å². The summed E-state index contributed by atoms with van der Waals surface area (Å²) >= 11 is 5.94. The van der Waals surface area contributed by atoms with Gasteiger partial charge in [-0.1, -0.05) is 24.1 Å². The molecule has 7 heteroatoms. The molecule has 1 fully saturated rings. The quantitative estimate of drug-likeness (QED) is 0.507. The lowest BCUT2D eigenvalue weighted by molar-refractivity contribution is -0.124. The summed E-state index contributed by atoms with van der Waals surface area (Å²) in [5.74, 6) is 2.56. The van der Waals surface area contributed by atoms with Gasteiger partial charge in [-0.05, 0) is 75.1 Å². The first-order chi connectivity index (χ1) is 15.5. The van der Waals surface area contributed by atoms with Gasteiger partial charge in [0.2, 0.25) is 5.91 Å². The predicted octanol–water partition coefficient (Wildman–Crippen LogP) is 4.34. The van der Waals surface area contributed by atoms with E-state index in [9.17, 15) is 4.79 Å². The molecule has 1 aromatic heterocycles. The van der Waals surface area contributed by atoms with Crippen LogP contribution in [0.5, 0.6) is 0 Å². The zero-order valence-electron chi connectivity index (χ0n) is 19.2. The lowest BCUT2D eigenvalue weighted by Gasteiger charge is -2.33. The number of aliphatic hydroxyl groups is 1. The highest BCUT2D eigenvalue weighted by molar-refractivity contribution is 6.30.